The van der Waals surface area contributed by atoms with Crippen LogP contribution in [-0.4, -0.2) is 53.1 Å². The third-order valence-corrected chi connectivity index (χ3v) is 4.91. The fourth-order valence-electron chi connectivity index (χ4n) is 3.25. The normalized spacial score (nSPS) is 14.2. The zero-order valence-electron chi connectivity index (χ0n) is 16.0. The molecule has 2 aromatic rings. The van der Waals surface area contributed by atoms with Crippen molar-refractivity contribution in [1.29, 1.82) is 0 Å². The van der Waals surface area contributed by atoms with E-state index in [-0.39, 0.29) is 17.5 Å². The van der Waals surface area contributed by atoms with Gasteiger partial charge in [0.25, 0.3) is 5.91 Å². The van der Waals surface area contributed by atoms with Crippen molar-refractivity contribution in [2.45, 2.75) is 27.2 Å². The number of aryl methyl sites for hydroxylation is 2. The molecule has 7 heteroatoms. The van der Waals surface area contributed by atoms with Gasteiger partial charge in [-0.05, 0) is 36.6 Å². The van der Waals surface area contributed by atoms with Crippen molar-refractivity contribution in [1.82, 2.24) is 15.1 Å². The van der Waals surface area contributed by atoms with Crippen molar-refractivity contribution in [3.63, 3.8) is 0 Å². The van der Waals surface area contributed by atoms with Gasteiger partial charge in [-0.2, -0.15) is 0 Å². The number of rotatable bonds is 4. The van der Waals surface area contributed by atoms with E-state index in [2.05, 4.69) is 27.3 Å². The lowest BCUT2D eigenvalue weighted by Gasteiger charge is -2.34. The van der Waals surface area contributed by atoms with E-state index in [9.17, 15) is 9.59 Å². The van der Waals surface area contributed by atoms with Gasteiger partial charge in [0.1, 0.15) is 0 Å². The zero-order chi connectivity index (χ0) is 19.4. The first-order valence-corrected chi connectivity index (χ1v) is 9.23. The number of nitrogens with zero attached hydrogens (tertiary/aromatic N) is 4. The van der Waals surface area contributed by atoms with Gasteiger partial charge >= 0.3 is 0 Å². The molecule has 2 amide bonds. The van der Waals surface area contributed by atoms with E-state index in [1.54, 1.807) is 13.0 Å². The number of hydrogen-bond acceptors (Lipinski definition) is 5. The maximum atomic E-state index is 12.6. The van der Waals surface area contributed by atoms with Gasteiger partial charge < -0.3 is 15.1 Å². The molecular formula is C20H25N5O2. The number of anilines is 2. The molecular weight excluding hydrogens is 342 g/mol. The highest BCUT2D eigenvalue weighted by Gasteiger charge is 2.20. The Kier molecular flexibility index (Phi) is 5.69. The molecule has 1 aliphatic rings. The van der Waals surface area contributed by atoms with Crippen LogP contribution in [0, 0.1) is 6.92 Å². The lowest BCUT2D eigenvalue weighted by atomic mass is 10.1. The summed E-state index contributed by atoms with van der Waals surface area (Å²) in [4.78, 5) is 27.9. The van der Waals surface area contributed by atoms with Crippen molar-refractivity contribution in [3.8, 4) is 0 Å². The lowest BCUT2D eigenvalue weighted by molar-refractivity contribution is -0.129. The summed E-state index contributed by atoms with van der Waals surface area (Å²) in [5.74, 6) is 0.551. The van der Waals surface area contributed by atoms with Crippen molar-refractivity contribution in [2.24, 2.45) is 0 Å². The number of nitrogens with one attached hydrogen (secondary N) is 1. The molecule has 0 aliphatic carbocycles. The number of benzene rings is 1. The molecule has 3 rings (SSSR count). The largest absolute Gasteiger partial charge is 0.352 e. The van der Waals surface area contributed by atoms with Gasteiger partial charge in [0.05, 0.1) is 0 Å². The smallest absolute Gasteiger partial charge is 0.276 e. The fourth-order valence-corrected chi connectivity index (χ4v) is 3.25. The fraction of sp³-hybridized carbons (Fsp3) is 0.400. The van der Waals surface area contributed by atoms with Crippen LogP contribution >= 0.6 is 0 Å². The molecule has 2 heterocycles. The van der Waals surface area contributed by atoms with Gasteiger partial charge in [-0.25, -0.2) is 0 Å². The quantitative estimate of drug-likeness (QED) is 0.897. The summed E-state index contributed by atoms with van der Waals surface area (Å²) in [6.45, 7) is 8.39. The molecule has 7 nitrogen and oxygen atoms in total. The molecule has 1 saturated heterocycles. The molecule has 0 radical (unpaired) electrons. The minimum absolute atomic E-state index is 0.0930. The van der Waals surface area contributed by atoms with Crippen LogP contribution in [-0.2, 0) is 11.2 Å². The first-order chi connectivity index (χ1) is 13.0. The number of aromatic nitrogens is 2. The highest BCUT2D eigenvalue weighted by atomic mass is 16.2. The molecule has 1 aromatic carbocycles. The van der Waals surface area contributed by atoms with Crippen molar-refractivity contribution < 1.29 is 9.59 Å². The van der Waals surface area contributed by atoms with E-state index in [0.717, 1.165) is 29.1 Å². The Balaban J connectivity index is 1.67. The first kappa shape index (κ1) is 18.8. The van der Waals surface area contributed by atoms with Gasteiger partial charge in [0, 0.05) is 38.8 Å². The Labute approximate surface area is 159 Å². The van der Waals surface area contributed by atoms with Crippen LogP contribution in [0.3, 0.4) is 0 Å². The highest BCUT2D eigenvalue weighted by molar-refractivity contribution is 6.03. The molecule has 1 aromatic heterocycles. The molecule has 0 saturated carbocycles. The maximum absolute atomic E-state index is 12.6. The van der Waals surface area contributed by atoms with E-state index in [0.29, 0.717) is 26.2 Å². The number of hydrogen-bond donors (Lipinski definition) is 1. The number of carbonyl (C=O) groups is 2. The summed E-state index contributed by atoms with van der Waals surface area (Å²) < 4.78 is 0. The lowest BCUT2D eigenvalue weighted by Crippen LogP contribution is -2.48. The van der Waals surface area contributed by atoms with E-state index in [1.807, 2.05) is 36.1 Å². The number of amides is 2. The van der Waals surface area contributed by atoms with Gasteiger partial charge in [0.15, 0.2) is 11.5 Å². The van der Waals surface area contributed by atoms with Crippen molar-refractivity contribution in [2.75, 3.05) is 36.4 Å². The second-order valence-corrected chi connectivity index (χ2v) is 6.69. The molecule has 0 atom stereocenters. The van der Waals surface area contributed by atoms with Gasteiger partial charge in [-0.3, -0.25) is 9.59 Å². The van der Waals surface area contributed by atoms with E-state index < -0.39 is 0 Å². The van der Waals surface area contributed by atoms with E-state index in [1.165, 1.54) is 0 Å². The summed E-state index contributed by atoms with van der Waals surface area (Å²) in [6, 6.07) is 9.48. The molecule has 27 heavy (non-hydrogen) atoms. The third kappa shape index (κ3) is 4.24. The van der Waals surface area contributed by atoms with Crippen LogP contribution in [0.5, 0.6) is 0 Å². The van der Waals surface area contributed by atoms with E-state index in [4.69, 9.17) is 0 Å². The summed E-state index contributed by atoms with van der Waals surface area (Å²) in [5.41, 5.74) is 3.24. The van der Waals surface area contributed by atoms with E-state index >= 15 is 0 Å². The van der Waals surface area contributed by atoms with Gasteiger partial charge in [0.2, 0.25) is 5.91 Å². The summed E-state index contributed by atoms with van der Waals surface area (Å²) in [7, 11) is 0. The van der Waals surface area contributed by atoms with Crippen LogP contribution in [0.4, 0.5) is 11.5 Å². The zero-order valence-corrected chi connectivity index (χ0v) is 16.0. The molecule has 0 unspecified atom stereocenters. The minimum Gasteiger partial charge on any atom is -0.352 e. The van der Waals surface area contributed by atoms with Crippen molar-refractivity contribution >= 4 is 23.3 Å². The van der Waals surface area contributed by atoms with Crippen molar-refractivity contribution in [3.05, 3.63) is 47.2 Å². The Morgan fingerprint density at radius 1 is 1.07 bits per heavy atom. The summed E-state index contributed by atoms with van der Waals surface area (Å²) in [5, 5.41) is 11.3. The second kappa shape index (κ2) is 8.16. The Morgan fingerprint density at radius 3 is 2.41 bits per heavy atom. The summed E-state index contributed by atoms with van der Waals surface area (Å²) >= 11 is 0. The molecule has 1 aliphatic heterocycles. The minimum atomic E-state index is -0.264. The molecule has 142 valence electrons. The average Bonchev–Trinajstić information content (AvgIpc) is 2.69. The number of para-hydroxylation sites is 1. The Morgan fingerprint density at radius 2 is 1.81 bits per heavy atom. The maximum Gasteiger partial charge on any atom is 0.276 e. The number of piperazine rings is 1. The third-order valence-electron chi connectivity index (χ3n) is 4.91. The van der Waals surface area contributed by atoms with Crippen LogP contribution in [0.2, 0.25) is 0 Å². The van der Waals surface area contributed by atoms with Gasteiger partial charge in [-0.15, -0.1) is 10.2 Å². The second-order valence-electron chi connectivity index (χ2n) is 6.69. The van der Waals surface area contributed by atoms with Crippen LogP contribution in [0.25, 0.3) is 0 Å². The monoisotopic (exact) mass is 367 g/mol. The predicted octanol–water partition coefficient (Wildman–Crippen LogP) is 2.27. The van der Waals surface area contributed by atoms with Crippen LogP contribution in [0.1, 0.15) is 35.5 Å². The van der Waals surface area contributed by atoms with Gasteiger partial charge in [-0.1, -0.05) is 25.1 Å². The SMILES string of the molecule is CCc1cccc(C)c1NC(=O)c1ccc(N2CCN(C(C)=O)CC2)nn1. The average molecular weight is 367 g/mol. The highest BCUT2D eigenvalue weighted by Crippen LogP contribution is 2.22. The molecule has 0 spiro atoms. The molecule has 1 N–H and O–H groups in total. The predicted molar refractivity (Wildman–Crippen MR) is 105 cm³/mol. The van der Waals surface area contributed by atoms with Crippen LogP contribution < -0.4 is 10.2 Å². The molecule has 0 bridgehead atoms. The molecule has 1 fully saturated rings. The topological polar surface area (TPSA) is 78.4 Å². The van der Waals surface area contributed by atoms with Crippen LogP contribution in [0.15, 0.2) is 30.3 Å². The standard InChI is InChI=1S/C20H25N5O2/c1-4-16-7-5-6-14(2)19(16)21-20(27)17-8-9-18(23-22-17)25-12-10-24(11-13-25)15(3)26/h5-9H,4,10-13H2,1-3H3,(H,21,27). The number of carbonyl (C=O) groups excluding carboxylic acids is 2. The Hall–Kier alpha value is -2.96. The summed E-state index contributed by atoms with van der Waals surface area (Å²) in [6.07, 6.45) is 0.841. The Bertz CT molecular complexity index is 827. The first-order valence-electron chi connectivity index (χ1n) is 9.23.